The Balaban J connectivity index is 1.02. The van der Waals surface area contributed by atoms with Gasteiger partial charge in [0, 0.05) is 17.8 Å². The molecule has 0 spiro atoms. The van der Waals surface area contributed by atoms with Crippen LogP contribution in [0.4, 0.5) is 0 Å². The summed E-state index contributed by atoms with van der Waals surface area (Å²) < 4.78 is 2.12. The molecule has 0 radical (unpaired) electrons. The molecule has 2 aromatic heterocycles. The van der Waals surface area contributed by atoms with E-state index in [0.717, 1.165) is 41.9 Å². The van der Waals surface area contributed by atoms with Gasteiger partial charge in [0.05, 0.1) is 11.7 Å². The highest BCUT2D eigenvalue weighted by molar-refractivity contribution is 5.95. The molecule has 1 fully saturated rings. The lowest BCUT2D eigenvalue weighted by Gasteiger charge is -2.16. The SMILES string of the molecule is CC1=C(c2cc(CCc3ccc(CNC(=O)c4ccccc4Cc4ccccc4)cc3)n3ncc(C)c3c2)C2CC2C=C1. The Morgan fingerprint density at radius 1 is 0.884 bits per heavy atom. The van der Waals surface area contributed by atoms with Crippen LogP contribution < -0.4 is 5.32 Å². The van der Waals surface area contributed by atoms with Gasteiger partial charge in [-0.3, -0.25) is 4.79 Å². The van der Waals surface area contributed by atoms with Crippen molar-refractivity contribution >= 4 is 17.0 Å². The lowest BCUT2D eigenvalue weighted by molar-refractivity contribution is 0.0950. The molecule has 0 aliphatic heterocycles. The second-order valence-electron chi connectivity index (χ2n) is 12.1. The van der Waals surface area contributed by atoms with Crippen LogP contribution in [0.25, 0.3) is 11.1 Å². The van der Waals surface area contributed by atoms with Crippen LogP contribution in [0, 0.1) is 18.8 Å². The van der Waals surface area contributed by atoms with Crippen molar-refractivity contribution in [2.75, 3.05) is 0 Å². The van der Waals surface area contributed by atoms with E-state index < -0.39 is 0 Å². The minimum absolute atomic E-state index is 0.0367. The molecule has 43 heavy (non-hydrogen) atoms. The van der Waals surface area contributed by atoms with Gasteiger partial charge >= 0.3 is 0 Å². The average molecular weight is 564 g/mol. The Kier molecular flexibility index (Phi) is 7.28. The van der Waals surface area contributed by atoms with Crippen molar-refractivity contribution in [1.82, 2.24) is 14.9 Å². The maximum atomic E-state index is 13.1. The van der Waals surface area contributed by atoms with E-state index in [0.29, 0.717) is 12.5 Å². The fourth-order valence-corrected chi connectivity index (χ4v) is 6.54. The smallest absolute Gasteiger partial charge is 0.251 e. The standard InChI is InChI=1S/C39H37N3O/c1-26-12-18-32-22-36(32)38(26)33-21-34(42-37(23-33)27(2)24-41-42)19-17-28-13-15-30(16-14-28)25-40-39(43)35-11-7-6-10-31(35)20-29-8-4-3-5-9-29/h3-16,18,21,23-24,32,36H,17,19-20,22,25H2,1-2H3,(H,40,43). The largest absolute Gasteiger partial charge is 0.348 e. The van der Waals surface area contributed by atoms with E-state index in [4.69, 9.17) is 5.10 Å². The number of aryl methyl sites for hydroxylation is 3. The maximum absolute atomic E-state index is 13.1. The number of allylic oxidation sites excluding steroid dienone is 4. The molecule has 2 aliphatic carbocycles. The second-order valence-corrected chi connectivity index (χ2v) is 12.1. The van der Waals surface area contributed by atoms with E-state index in [1.165, 1.54) is 51.0 Å². The summed E-state index contributed by atoms with van der Waals surface area (Å²) in [5, 5.41) is 7.85. The van der Waals surface area contributed by atoms with Gasteiger partial charge in [-0.15, -0.1) is 0 Å². The van der Waals surface area contributed by atoms with E-state index in [2.05, 4.69) is 84.4 Å². The molecule has 2 unspecified atom stereocenters. The zero-order chi connectivity index (χ0) is 29.3. The number of fused-ring (bicyclic) bond motifs is 2. The van der Waals surface area contributed by atoms with Gasteiger partial charge in [-0.1, -0.05) is 84.9 Å². The van der Waals surface area contributed by atoms with Crippen LogP contribution in [0.1, 0.15) is 62.8 Å². The number of nitrogens with zero attached hydrogens (tertiary/aromatic N) is 2. The van der Waals surface area contributed by atoms with E-state index in [1.807, 2.05) is 48.7 Å². The van der Waals surface area contributed by atoms with Crippen LogP contribution in [0.5, 0.6) is 0 Å². The minimum Gasteiger partial charge on any atom is -0.348 e. The number of rotatable bonds is 9. The fourth-order valence-electron chi connectivity index (χ4n) is 6.54. The third kappa shape index (κ3) is 5.70. The average Bonchev–Trinajstić information content (AvgIpc) is 3.73. The van der Waals surface area contributed by atoms with Crippen molar-refractivity contribution < 1.29 is 4.79 Å². The Labute approximate surface area is 253 Å². The van der Waals surface area contributed by atoms with Gasteiger partial charge in [0.2, 0.25) is 0 Å². The number of pyridine rings is 1. The Hall–Kier alpha value is -4.70. The molecule has 3 aromatic carbocycles. The monoisotopic (exact) mass is 563 g/mol. The van der Waals surface area contributed by atoms with E-state index >= 15 is 0 Å². The van der Waals surface area contributed by atoms with Gasteiger partial charge in [0.1, 0.15) is 0 Å². The van der Waals surface area contributed by atoms with E-state index in [9.17, 15) is 4.79 Å². The van der Waals surface area contributed by atoms with Gasteiger partial charge < -0.3 is 5.32 Å². The van der Waals surface area contributed by atoms with Crippen molar-refractivity contribution in [2.24, 2.45) is 11.8 Å². The molecule has 214 valence electrons. The van der Waals surface area contributed by atoms with Gasteiger partial charge in [0.15, 0.2) is 0 Å². The highest BCUT2D eigenvalue weighted by atomic mass is 16.1. The summed E-state index contributed by atoms with van der Waals surface area (Å²) in [5.74, 6) is 1.36. The molecule has 0 bridgehead atoms. The van der Waals surface area contributed by atoms with Crippen molar-refractivity contribution in [3.8, 4) is 0 Å². The first-order chi connectivity index (χ1) is 21.0. The topological polar surface area (TPSA) is 46.4 Å². The third-order valence-corrected chi connectivity index (χ3v) is 9.07. The van der Waals surface area contributed by atoms with Crippen LogP contribution in [0.3, 0.4) is 0 Å². The summed E-state index contributed by atoms with van der Waals surface area (Å²) in [7, 11) is 0. The van der Waals surface area contributed by atoms with Crippen molar-refractivity contribution in [3.05, 3.63) is 160 Å². The van der Waals surface area contributed by atoms with Crippen molar-refractivity contribution in [3.63, 3.8) is 0 Å². The summed E-state index contributed by atoms with van der Waals surface area (Å²) in [6.07, 6.45) is 10.5. The van der Waals surface area contributed by atoms with Crippen LogP contribution in [0.15, 0.2) is 115 Å². The lowest BCUT2D eigenvalue weighted by Crippen LogP contribution is -2.24. The Bertz CT molecular complexity index is 1860. The second kappa shape index (κ2) is 11.5. The minimum atomic E-state index is -0.0367. The number of amides is 1. The van der Waals surface area contributed by atoms with Gasteiger partial charge in [0.25, 0.3) is 5.91 Å². The molecular formula is C39H37N3O. The molecule has 5 aromatic rings. The maximum Gasteiger partial charge on any atom is 0.251 e. The molecule has 2 heterocycles. The summed E-state index contributed by atoms with van der Waals surface area (Å²) in [6, 6.07) is 31.5. The predicted molar refractivity (Wildman–Crippen MR) is 174 cm³/mol. The summed E-state index contributed by atoms with van der Waals surface area (Å²) in [6.45, 7) is 4.90. The number of hydrogen-bond acceptors (Lipinski definition) is 2. The zero-order valence-corrected chi connectivity index (χ0v) is 24.9. The van der Waals surface area contributed by atoms with Crippen LogP contribution in [0.2, 0.25) is 0 Å². The van der Waals surface area contributed by atoms with Crippen molar-refractivity contribution in [1.29, 1.82) is 0 Å². The number of benzene rings is 3. The van der Waals surface area contributed by atoms with E-state index in [-0.39, 0.29) is 5.91 Å². The first-order valence-electron chi connectivity index (χ1n) is 15.4. The molecular weight excluding hydrogens is 526 g/mol. The lowest BCUT2D eigenvalue weighted by atomic mass is 9.91. The van der Waals surface area contributed by atoms with Gasteiger partial charge in [-0.25, -0.2) is 4.52 Å². The highest BCUT2D eigenvalue weighted by Crippen LogP contribution is 2.53. The van der Waals surface area contributed by atoms with E-state index in [1.54, 1.807) is 0 Å². The number of aromatic nitrogens is 2. The quantitative estimate of drug-likeness (QED) is 0.198. The molecule has 7 rings (SSSR count). The van der Waals surface area contributed by atoms with Gasteiger partial charge in [-0.05, 0) is 114 Å². The molecule has 1 saturated carbocycles. The molecule has 4 heteroatoms. The zero-order valence-electron chi connectivity index (χ0n) is 24.9. The van der Waals surface area contributed by atoms with Crippen LogP contribution in [-0.2, 0) is 25.8 Å². The predicted octanol–water partition coefficient (Wildman–Crippen LogP) is 7.93. The van der Waals surface area contributed by atoms with Gasteiger partial charge in [-0.2, -0.15) is 5.10 Å². The summed E-state index contributed by atoms with van der Waals surface area (Å²) in [4.78, 5) is 13.1. The third-order valence-electron chi connectivity index (χ3n) is 9.07. The Morgan fingerprint density at radius 3 is 2.49 bits per heavy atom. The fraction of sp³-hybridized carbons (Fsp3) is 0.231. The van der Waals surface area contributed by atoms with Crippen LogP contribution in [-0.4, -0.2) is 15.5 Å². The molecule has 2 atom stereocenters. The van der Waals surface area contributed by atoms with Crippen molar-refractivity contribution in [2.45, 2.75) is 46.1 Å². The Morgan fingerprint density at radius 2 is 1.65 bits per heavy atom. The molecule has 1 amide bonds. The highest BCUT2D eigenvalue weighted by Gasteiger charge is 2.41. The summed E-state index contributed by atoms with van der Waals surface area (Å²) >= 11 is 0. The normalized spacial score (nSPS) is 17.3. The number of hydrogen-bond donors (Lipinski definition) is 1. The number of carbonyl (C=O) groups is 1. The van der Waals surface area contributed by atoms with Crippen LogP contribution >= 0.6 is 0 Å². The molecule has 2 aliphatic rings. The molecule has 4 nitrogen and oxygen atoms in total. The molecule has 1 N–H and O–H groups in total. The molecule has 0 saturated heterocycles. The summed E-state index contributed by atoms with van der Waals surface area (Å²) in [5.41, 5.74) is 13.3. The first kappa shape index (κ1) is 27.2. The number of nitrogens with one attached hydrogen (secondary N) is 1. The first-order valence-corrected chi connectivity index (χ1v) is 15.4. The number of carbonyl (C=O) groups excluding carboxylic acids is 1.